The van der Waals surface area contributed by atoms with Gasteiger partial charge in [-0.25, -0.2) is 44.3 Å². The first-order valence-electron chi connectivity index (χ1n) is 21.1. The van der Waals surface area contributed by atoms with E-state index in [0.29, 0.717) is 16.7 Å². The summed E-state index contributed by atoms with van der Waals surface area (Å²) in [6.07, 6.45) is 7.45. The number of benzene rings is 3. The maximum absolute atomic E-state index is 12.6. The molecule has 378 valence electrons. The van der Waals surface area contributed by atoms with Gasteiger partial charge in [0.25, 0.3) is 17.7 Å². The van der Waals surface area contributed by atoms with Crippen LogP contribution in [-0.4, -0.2) is 120 Å². The monoisotopic (exact) mass is 1130 g/mol. The Balaban J connectivity index is 0.000000248. The fourth-order valence-electron chi connectivity index (χ4n) is 7.03. The molecule has 0 saturated carbocycles. The third kappa shape index (κ3) is 14.7. The number of aromatic amines is 3. The summed E-state index contributed by atoms with van der Waals surface area (Å²) in [6.45, 7) is 0. The molecule has 0 spiro atoms. The van der Waals surface area contributed by atoms with Gasteiger partial charge in [-0.15, -0.1) is 0 Å². The molecule has 27 nitrogen and oxygen atoms in total. The van der Waals surface area contributed by atoms with Gasteiger partial charge in [0.05, 0.1) is 89.6 Å². The summed E-state index contributed by atoms with van der Waals surface area (Å²) in [5.74, 6) is -8.15. The minimum Gasteiger partial charge on any atom is -0.545 e. The predicted octanol–water partition coefficient (Wildman–Crippen LogP) is -7.91. The van der Waals surface area contributed by atoms with Crippen molar-refractivity contribution in [3.8, 4) is 0 Å². The number of nitrogens with one attached hydrogen (secondary N) is 6. The Morgan fingerprint density at radius 2 is 0.667 bits per heavy atom. The number of ether oxygens (including phenoxy) is 3. The van der Waals surface area contributed by atoms with Gasteiger partial charge in [-0.05, 0) is 30.3 Å². The van der Waals surface area contributed by atoms with E-state index < -0.39 is 53.5 Å². The number of fused-ring (bicyclic) bond motifs is 3. The van der Waals surface area contributed by atoms with Crippen molar-refractivity contribution in [2.45, 2.75) is 0 Å². The van der Waals surface area contributed by atoms with Gasteiger partial charge >= 0.3 is 172 Å². The largest absolute Gasteiger partial charge is 1.00 e. The standard InChI is InChI=1S/C17H14N4O5.C16H12N4O5.C15H10N4O5.3K/c1-25-16(23)10-6-4-3-5-9(10)15(22)21-11-7-18-13-12(11)19-8-20-14(13)17(24)26-2;1-25-16(24)9-5-3-2-4-8(9)14(21)20-10-6-17-12-11(10)18-7-19-13(12)15(22)23;20-13(7-3-1-2-4-8(7)14(21)22)19-9-5-16-11-10(9)17-6-18-12(11)15(23)24;;;/h3-8,18H,1-2H3,(H,21,22);2-7,17H,1H3,(H,20,21)(H,22,23);1-6,16H,(H,19,20)(H,21,22)(H,23,24);;;/q;;;3*+1/p-3. The van der Waals surface area contributed by atoms with Crippen LogP contribution in [0.4, 0.5) is 17.1 Å². The molecule has 6 heterocycles. The van der Waals surface area contributed by atoms with E-state index in [4.69, 9.17) is 0 Å². The Morgan fingerprint density at radius 3 is 0.974 bits per heavy atom. The van der Waals surface area contributed by atoms with Crippen LogP contribution in [0.2, 0.25) is 0 Å². The van der Waals surface area contributed by atoms with Crippen molar-refractivity contribution in [1.29, 1.82) is 0 Å². The van der Waals surface area contributed by atoms with Crippen molar-refractivity contribution < 1.29 is 227 Å². The van der Waals surface area contributed by atoms with Crippen LogP contribution >= 0.6 is 0 Å². The van der Waals surface area contributed by atoms with Gasteiger partial charge in [0, 0.05) is 29.7 Å². The molecule has 6 aromatic heterocycles. The molecule has 9 aromatic rings. The van der Waals surface area contributed by atoms with E-state index in [9.17, 15) is 58.5 Å². The molecule has 0 fully saturated rings. The number of aromatic carboxylic acids is 3. The van der Waals surface area contributed by atoms with Gasteiger partial charge < -0.3 is 74.8 Å². The van der Waals surface area contributed by atoms with Gasteiger partial charge in [0.1, 0.15) is 52.4 Å². The molecular formula is C48H33K3N12O15. The molecule has 78 heavy (non-hydrogen) atoms. The first-order chi connectivity index (χ1) is 36.1. The molecule has 3 amide bonds. The zero-order valence-electron chi connectivity index (χ0n) is 41.7. The Kier molecular flexibility index (Phi) is 24.3. The number of carbonyl (C=O) groups excluding carboxylic acids is 9. The summed E-state index contributed by atoms with van der Waals surface area (Å²) in [6, 6.07) is 18.0. The molecule has 0 aliphatic carbocycles. The number of methoxy groups -OCH3 is 3. The Hall–Kier alpha value is -6.34. The van der Waals surface area contributed by atoms with Crippen LogP contribution in [0.15, 0.2) is 110 Å². The first-order valence-corrected chi connectivity index (χ1v) is 21.1. The van der Waals surface area contributed by atoms with E-state index in [1.165, 1.54) is 94.8 Å². The second-order valence-corrected chi connectivity index (χ2v) is 14.8. The molecule has 30 heteroatoms. The van der Waals surface area contributed by atoms with Crippen LogP contribution in [-0.2, 0) is 14.2 Å². The Labute approximate surface area is 565 Å². The number of carboxylic acid groups (broad SMARTS) is 3. The Bertz CT molecular complexity index is 3770. The number of rotatable bonds is 12. The molecule has 0 aliphatic rings. The van der Waals surface area contributed by atoms with Gasteiger partial charge in [-0.3, -0.25) is 14.4 Å². The number of esters is 3. The number of nitrogens with zero attached hydrogens (tertiary/aromatic N) is 6. The number of hydrogen-bond acceptors (Lipinski definition) is 21. The summed E-state index contributed by atoms with van der Waals surface area (Å²) in [5, 5.41) is 40.9. The van der Waals surface area contributed by atoms with Crippen LogP contribution in [0.3, 0.4) is 0 Å². The number of hydrogen-bond donors (Lipinski definition) is 6. The number of carbonyl (C=O) groups is 9. The number of aromatic nitrogens is 9. The average molecular weight is 1140 g/mol. The molecule has 6 N–H and O–H groups in total. The van der Waals surface area contributed by atoms with Crippen LogP contribution in [0, 0.1) is 0 Å². The predicted molar refractivity (Wildman–Crippen MR) is 252 cm³/mol. The minimum atomic E-state index is -1.50. The fraction of sp³-hybridized carbons (Fsp3) is 0.0625. The van der Waals surface area contributed by atoms with Gasteiger partial charge in [0.15, 0.2) is 5.69 Å². The van der Waals surface area contributed by atoms with Crippen LogP contribution < -0.4 is 185 Å². The number of carboxylic acids is 3. The fourth-order valence-corrected chi connectivity index (χ4v) is 7.03. The SMILES string of the molecule is COC(=O)c1ccccc1C(=O)Nc1c[nH]c2c(C(=O)OC)ncnc12.COC(=O)c1ccccc1C(=O)Nc1c[nH]c2c(C(=O)[O-])ncnc12.O=C([O-])c1ccccc1C(=O)Nc1c[nH]c2c(C(=O)[O-])ncnc12.[K+].[K+].[K+]. The third-order valence-electron chi connectivity index (χ3n) is 10.4. The normalized spacial score (nSPS) is 10.0. The quantitative estimate of drug-likeness (QED) is 0.0376. The molecule has 3 aromatic carbocycles. The van der Waals surface area contributed by atoms with E-state index in [-0.39, 0.29) is 238 Å². The van der Waals surface area contributed by atoms with E-state index in [1.807, 2.05) is 0 Å². The minimum absolute atomic E-state index is 0. The van der Waals surface area contributed by atoms with Crippen molar-refractivity contribution in [2.75, 3.05) is 37.3 Å². The van der Waals surface area contributed by atoms with E-state index >= 15 is 0 Å². The average Bonchev–Trinajstić information content (AvgIpc) is 4.17. The molecular weight excluding hydrogens is 1100 g/mol. The zero-order chi connectivity index (χ0) is 53.9. The van der Waals surface area contributed by atoms with Crippen LogP contribution in [0.5, 0.6) is 0 Å². The van der Waals surface area contributed by atoms with Crippen molar-refractivity contribution in [3.63, 3.8) is 0 Å². The van der Waals surface area contributed by atoms with Crippen molar-refractivity contribution in [2.24, 2.45) is 0 Å². The topological polar surface area (TPSA) is 411 Å². The van der Waals surface area contributed by atoms with E-state index in [0.717, 1.165) is 12.7 Å². The first kappa shape index (κ1) is 64.2. The number of anilines is 3. The van der Waals surface area contributed by atoms with Crippen molar-refractivity contribution in [3.05, 3.63) is 161 Å². The third-order valence-corrected chi connectivity index (χ3v) is 10.4. The molecule has 9 rings (SSSR count). The van der Waals surface area contributed by atoms with Crippen LogP contribution in [0.1, 0.15) is 93.6 Å². The van der Waals surface area contributed by atoms with E-state index in [1.54, 1.807) is 24.3 Å². The zero-order valence-corrected chi connectivity index (χ0v) is 51.1. The molecule has 0 radical (unpaired) electrons. The van der Waals surface area contributed by atoms with Gasteiger partial charge in [-0.2, -0.15) is 0 Å². The summed E-state index contributed by atoms with van der Waals surface area (Å²) in [5.41, 5.74) is 1.50. The molecule has 0 saturated heterocycles. The molecule has 0 aliphatic heterocycles. The second kappa shape index (κ2) is 29.6. The smallest absolute Gasteiger partial charge is 0.545 e. The van der Waals surface area contributed by atoms with E-state index in [2.05, 4.69) is 75.0 Å². The summed E-state index contributed by atoms with van der Waals surface area (Å²) in [7, 11) is 3.70. The maximum atomic E-state index is 12.6. The summed E-state index contributed by atoms with van der Waals surface area (Å²) in [4.78, 5) is 137. The maximum Gasteiger partial charge on any atom is 1.00 e. The summed E-state index contributed by atoms with van der Waals surface area (Å²) >= 11 is 0. The number of amides is 3. The second-order valence-electron chi connectivity index (χ2n) is 14.8. The Morgan fingerprint density at radius 1 is 0.385 bits per heavy atom. The molecule has 0 unspecified atom stereocenters. The van der Waals surface area contributed by atoms with Crippen LogP contribution in [0.25, 0.3) is 33.1 Å². The molecule has 0 atom stereocenters. The van der Waals surface area contributed by atoms with Gasteiger partial charge in [0.2, 0.25) is 0 Å². The van der Waals surface area contributed by atoms with Crippen molar-refractivity contribution in [1.82, 2.24) is 44.9 Å². The summed E-state index contributed by atoms with van der Waals surface area (Å²) < 4.78 is 14.0. The van der Waals surface area contributed by atoms with Gasteiger partial charge in [-0.1, -0.05) is 42.5 Å². The number of H-pyrrole nitrogens is 3. The molecule has 0 bridgehead atoms. The van der Waals surface area contributed by atoms with Crippen molar-refractivity contribution >= 4 is 104 Å².